The molecule has 1 aromatic rings. The second-order valence-electron chi connectivity index (χ2n) is 8.32. The van der Waals surface area contributed by atoms with Crippen molar-refractivity contribution in [3.8, 4) is 0 Å². The van der Waals surface area contributed by atoms with E-state index in [0.717, 1.165) is 24.8 Å². The van der Waals surface area contributed by atoms with Crippen molar-refractivity contribution in [2.75, 3.05) is 26.7 Å². The fraction of sp³-hybridized carbons (Fsp3) is 0.520. The maximum atomic E-state index is 11.9. The van der Waals surface area contributed by atoms with Crippen LogP contribution in [0.4, 0.5) is 4.79 Å². The highest BCUT2D eigenvalue weighted by Gasteiger charge is 2.32. The van der Waals surface area contributed by atoms with E-state index in [1.165, 1.54) is 28.9 Å². The summed E-state index contributed by atoms with van der Waals surface area (Å²) in [4.78, 5) is 26.9. The van der Waals surface area contributed by atoms with E-state index in [2.05, 4.69) is 37.0 Å². The summed E-state index contributed by atoms with van der Waals surface area (Å²) in [6.07, 6.45) is 7.33. The van der Waals surface area contributed by atoms with Crippen molar-refractivity contribution in [2.24, 2.45) is 0 Å². The molecule has 0 bridgehead atoms. The van der Waals surface area contributed by atoms with Gasteiger partial charge in [-0.25, -0.2) is 4.79 Å². The van der Waals surface area contributed by atoms with Crippen molar-refractivity contribution in [3.05, 3.63) is 54.1 Å². The number of rotatable bonds is 6. The van der Waals surface area contributed by atoms with Crippen LogP contribution in [0.1, 0.15) is 51.5 Å². The van der Waals surface area contributed by atoms with Gasteiger partial charge in [-0.05, 0) is 49.8 Å². The molecule has 0 aromatic heterocycles. The number of allylic oxidation sites excluding steroid dienone is 3. The van der Waals surface area contributed by atoms with E-state index in [1.807, 2.05) is 25.1 Å². The maximum Gasteiger partial charge on any atom is 0.317 e. The first-order valence-electron chi connectivity index (χ1n) is 11.2. The molecule has 1 heterocycles. The normalized spacial score (nSPS) is 18.5. The van der Waals surface area contributed by atoms with Gasteiger partial charge in [0.15, 0.2) is 0 Å². The van der Waals surface area contributed by atoms with Crippen LogP contribution < -0.4 is 5.32 Å². The molecule has 6 heteroatoms. The molecule has 3 rings (SSSR count). The second kappa shape index (κ2) is 12.3. The first kappa shape index (κ1) is 24.7. The number of hydrogen-bond acceptors (Lipinski definition) is 3. The first-order valence-corrected chi connectivity index (χ1v) is 11.2. The maximum absolute atomic E-state index is 11.9. The van der Waals surface area contributed by atoms with E-state index in [1.54, 1.807) is 11.9 Å². The lowest BCUT2D eigenvalue weighted by Gasteiger charge is -2.40. The van der Waals surface area contributed by atoms with E-state index in [4.69, 9.17) is 5.11 Å². The minimum atomic E-state index is -0.179. The van der Waals surface area contributed by atoms with Crippen LogP contribution in [0.2, 0.25) is 0 Å². The molecule has 1 saturated heterocycles. The number of carbonyl (C=O) groups is 2. The molecule has 1 aromatic carbocycles. The van der Waals surface area contributed by atoms with Crippen LogP contribution in [-0.4, -0.2) is 65.7 Å². The molecule has 1 saturated carbocycles. The molecule has 2 fully saturated rings. The number of likely N-dealkylation sites (N-methyl/N-ethyl adjacent to an activating group) is 1. The standard InChI is InChI=1S/C13H23N3O3.C12H14/c1-15(13(19)14-10-4-2-3-5-10)8-12(18)16-7-6-11(16)9-17;1-4-10(2)11(3)12-8-6-5-7-9-12/h10-11,17H,2-9H2,1H3,(H,14,19);4-9H,3H2,1-2H3/b;10-4-. The van der Waals surface area contributed by atoms with Crippen LogP contribution in [0.3, 0.4) is 0 Å². The number of aliphatic hydroxyl groups is 1. The predicted octanol–water partition coefficient (Wildman–Crippen LogP) is 3.83. The molecule has 2 aliphatic rings. The van der Waals surface area contributed by atoms with Crippen molar-refractivity contribution >= 4 is 17.5 Å². The van der Waals surface area contributed by atoms with E-state index in [-0.39, 0.29) is 37.2 Å². The number of amides is 3. The van der Waals surface area contributed by atoms with Crippen LogP contribution in [0.5, 0.6) is 0 Å². The number of nitrogens with one attached hydrogen (secondary N) is 1. The van der Waals surface area contributed by atoms with Gasteiger partial charge in [-0.3, -0.25) is 4.79 Å². The van der Waals surface area contributed by atoms with E-state index < -0.39 is 0 Å². The Hall–Kier alpha value is -2.60. The molecule has 31 heavy (non-hydrogen) atoms. The molecule has 0 spiro atoms. The topological polar surface area (TPSA) is 72.9 Å². The third-order valence-electron chi connectivity index (χ3n) is 6.11. The molecule has 1 atom stereocenters. The summed E-state index contributed by atoms with van der Waals surface area (Å²) in [6, 6.07) is 10.3. The van der Waals surface area contributed by atoms with Crippen molar-refractivity contribution < 1.29 is 14.7 Å². The van der Waals surface area contributed by atoms with Gasteiger partial charge in [0.05, 0.1) is 12.6 Å². The number of urea groups is 1. The SMILES string of the molecule is C=C(/C(C)=C\C)c1ccccc1.CN(CC(=O)N1CCC1CO)C(=O)NC1CCCC1. The molecule has 3 amide bonds. The van der Waals surface area contributed by atoms with Gasteiger partial charge < -0.3 is 20.2 Å². The van der Waals surface area contributed by atoms with Crippen LogP contribution in [0, 0.1) is 0 Å². The van der Waals surface area contributed by atoms with Crippen LogP contribution in [0.25, 0.3) is 5.57 Å². The van der Waals surface area contributed by atoms with Crippen molar-refractivity contribution in [1.82, 2.24) is 15.1 Å². The Labute approximate surface area is 186 Å². The van der Waals surface area contributed by atoms with Crippen LogP contribution >= 0.6 is 0 Å². The van der Waals surface area contributed by atoms with Gasteiger partial charge in [0.2, 0.25) is 5.91 Å². The fourth-order valence-corrected chi connectivity index (χ4v) is 3.72. The number of hydrogen-bond donors (Lipinski definition) is 2. The average molecular weight is 428 g/mol. The van der Waals surface area contributed by atoms with Gasteiger partial charge in [-0.2, -0.15) is 0 Å². The molecule has 1 unspecified atom stereocenters. The lowest BCUT2D eigenvalue weighted by atomic mass is 10.0. The summed E-state index contributed by atoms with van der Waals surface area (Å²) < 4.78 is 0. The zero-order valence-electron chi connectivity index (χ0n) is 19.1. The average Bonchev–Trinajstić information content (AvgIpc) is 3.26. The van der Waals surface area contributed by atoms with Crippen molar-refractivity contribution in [3.63, 3.8) is 0 Å². The highest BCUT2D eigenvalue weighted by molar-refractivity contribution is 5.84. The minimum absolute atomic E-state index is 0.00370. The molecule has 1 aliphatic carbocycles. The summed E-state index contributed by atoms with van der Waals surface area (Å²) in [5.74, 6) is -0.0885. The number of benzene rings is 1. The Balaban J connectivity index is 0.000000245. The zero-order valence-corrected chi connectivity index (χ0v) is 19.1. The fourth-order valence-electron chi connectivity index (χ4n) is 3.72. The molecule has 170 valence electrons. The summed E-state index contributed by atoms with van der Waals surface area (Å²) in [6.45, 7) is 8.90. The largest absolute Gasteiger partial charge is 0.394 e. The van der Waals surface area contributed by atoms with Gasteiger partial charge in [0.1, 0.15) is 6.54 Å². The summed E-state index contributed by atoms with van der Waals surface area (Å²) in [5.41, 5.74) is 3.55. The Morgan fingerprint density at radius 2 is 1.87 bits per heavy atom. The van der Waals surface area contributed by atoms with Crippen molar-refractivity contribution in [1.29, 1.82) is 0 Å². The monoisotopic (exact) mass is 427 g/mol. The minimum Gasteiger partial charge on any atom is -0.394 e. The lowest BCUT2D eigenvalue weighted by Crippen LogP contribution is -2.56. The number of aliphatic hydroxyl groups excluding tert-OH is 1. The molecular weight excluding hydrogens is 390 g/mol. The summed E-state index contributed by atoms with van der Waals surface area (Å²) in [7, 11) is 1.63. The van der Waals surface area contributed by atoms with Gasteiger partial charge in [-0.1, -0.05) is 55.8 Å². The van der Waals surface area contributed by atoms with Crippen LogP contribution in [0.15, 0.2) is 48.6 Å². The number of nitrogens with zero attached hydrogens (tertiary/aromatic N) is 2. The smallest absolute Gasteiger partial charge is 0.317 e. The van der Waals surface area contributed by atoms with Gasteiger partial charge >= 0.3 is 6.03 Å². The molecule has 6 nitrogen and oxygen atoms in total. The Morgan fingerprint density at radius 1 is 1.23 bits per heavy atom. The molecule has 0 radical (unpaired) electrons. The Kier molecular flexibility index (Phi) is 9.79. The molecular formula is C25H37N3O3. The summed E-state index contributed by atoms with van der Waals surface area (Å²) in [5, 5.41) is 12.0. The molecule has 1 aliphatic heterocycles. The van der Waals surface area contributed by atoms with Crippen molar-refractivity contribution in [2.45, 2.75) is 58.0 Å². The van der Waals surface area contributed by atoms with Gasteiger partial charge in [0.25, 0.3) is 0 Å². The highest BCUT2D eigenvalue weighted by atomic mass is 16.3. The third kappa shape index (κ3) is 7.24. The van der Waals surface area contributed by atoms with E-state index in [0.29, 0.717) is 6.54 Å². The predicted molar refractivity (Wildman–Crippen MR) is 126 cm³/mol. The zero-order chi connectivity index (χ0) is 22.8. The second-order valence-corrected chi connectivity index (χ2v) is 8.32. The first-order chi connectivity index (χ1) is 14.9. The van der Waals surface area contributed by atoms with Crippen LogP contribution in [-0.2, 0) is 4.79 Å². The Morgan fingerprint density at radius 3 is 2.39 bits per heavy atom. The number of carbonyl (C=O) groups excluding carboxylic acids is 2. The highest BCUT2D eigenvalue weighted by Crippen LogP contribution is 2.20. The van der Waals surface area contributed by atoms with E-state index in [9.17, 15) is 9.59 Å². The Bertz CT molecular complexity index is 767. The number of likely N-dealkylation sites (tertiary alicyclic amines) is 1. The lowest BCUT2D eigenvalue weighted by molar-refractivity contribution is -0.140. The molecule has 2 N–H and O–H groups in total. The van der Waals surface area contributed by atoms with E-state index >= 15 is 0 Å². The quantitative estimate of drug-likeness (QED) is 0.678. The summed E-state index contributed by atoms with van der Waals surface area (Å²) >= 11 is 0. The third-order valence-corrected chi connectivity index (χ3v) is 6.11. The van der Waals surface area contributed by atoms with Gasteiger partial charge in [-0.15, -0.1) is 0 Å². The van der Waals surface area contributed by atoms with Gasteiger partial charge in [0, 0.05) is 19.6 Å².